The van der Waals surface area contributed by atoms with Gasteiger partial charge in [0.1, 0.15) is 0 Å². The third-order valence-corrected chi connectivity index (χ3v) is 2.60. The summed E-state index contributed by atoms with van der Waals surface area (Å²) in [6.45, 7) is 2.49. The molecule has 3 heteroatoms. The molecule has 0 radical (unpaired) electrons. The van der Waals surface area contributed by atoms with E-state index < -0.39 is 0 Å². The van der Waals surface area contributed by atoms with E-state index in [-0.39, 0.29) is 5.78 Å². The van der Waals surface area contributed by atoms with Gasteiger partial charge in [0.15, 0.2) is 5.78 Å². The van der Waals surface area contributed by atoms with Crippen LogP contribution in [0, 0.1) is 6.92 Å². The molecule has 0 atom stereocenters. The average Bonchev–Trinajstić information content (AvgIpc) is 2.59. The summed E-state index contributed by atoms with van der Waals surface area (Å²) in [6, 6.07) is 6.09. The van der Waals surface area contributed by atoms with Crippen molar-refractivity contribution in [1.82, 2.24) is 9.88 Å². The Bertz CT molecular complexity index is 526. The number of ketones is 1. The van der Waals surface area contributed by atoms with E-state index in [0.29, 0.717) is 6.54 Å². The summed E-state index contributed by atoms with van der Waals surface area (Å²) < 4.78 is 0. The zero-order chi connectivity index (χ0) is 11.7. The number of benzene rings is 1. The highest BCUT2D eigenvalue weighted by molar-refractivity contribution is 6.08. The molecule has 0 aliphatic heterocycles. The van der Waals surface area contributed by atoms with Crippen molar-refractivity contribution in [3.63, 3.8) is 0 Å². The largest absolute Gasteiger partial charge is 0.360 e. The summed E-state index contributed by atoms with van der Waals surface area (Å²) >= 11 is 0. The fraction of sp³-hybridized carbons (Fsp3) is 0.308. The lowest BCUT2D eigenvalue weighted by atomic mass is 10.1. The molecule has 16 heavy (non-hydrogen) atoms. The number of fused-ring (bicyclic) bond motifs is 1. The van der Waals surface area contributed by atoms with E-state index >= 15 is 0 Å². The molecular formula is C13H16N2O. The van der Waals surface area contributed by atoms with Crippen molar-refractivity contribution >= 4 is 16.7 Å². The first-order chi connectivity index (χ1) is 7.58. The van der Waals surface area contributed by atoms with Crippen molar-refractivity contribution in [3.05, 3.63) is 35.5 Å². The fourth-order valence-electron chi connectivity index (χ4n) is 1.84. The van der Waals surface area contributed by atoms with E-state index in [9.17, 15) is 4.79 Å². The van der Waals surface area contributed by atoms with Crippen LogP contribution in [0.3, 0.4) is 0 Å². The van der Waals surface area contributed by atoms with Crippen LogP contribution in [0.5, 0.6) is 0 Å². The number of H-pyrrole nitrogens is 1. The van der Waals surface area contributed by atoms with Gasteiger partial charge in [-0.2, -0.15) is 0 Å². The van der Waals surface area contributed by atoms with Crippen molar-refractivity contribution < 1.29 is 4.79 Å². The lowest BCUT2D eigenvalue weighted by Gasteiger charge is -2.07. The Labute approximate surface area is 95.1 Å². The fourth-order valence-corrected chi connectivity index (χ4v) is 1.84. The van der Waals surface area contributed by atoms with Gasteiger partial charge in [0, 0.05) is 22.7 Å². The maximum atomic E-state index is 12.0. The summed E-state index contributed by atoms with van der Waals surface area (Å²) in [5.74, 6) is 0.153. The van der Waals surface area contributed by atoms with Gasteiger partial charge in [-0.25, -0.2) is 0 Å². The Balaban J connectivity index is 2.42. The number of Topliss-reactive ketones (excluding diaryl/α,β-unsaturated/α-hetero) is 1. The molecule has 1 aromatic heterocycles. The van der Waals surface area contributed by atoms with Gasteiger partial charge < -0.3 is 9.88 Å². The van der Waals surface area contributed by atoms with Crippen molar-refractivity contribution in [1.29, 1.82) is 0 Å². The minimum Gasteiger partial charge on any atom is -0.360 e. The normalized spacial score (nSPS) is 11.2. The maximum absolute atomic E-state index is 12.0. The zero-order valence-corrected chi connectivity index (χ0v) is 9.87. The minimum atomic E-state index is 0.153. The van der Waals surface area contributed by atoms with Crippen molar-refractivity contribution in [3.8, 4) is 0 Å². The number of carbonyl (C=O) groups excluding carboxylic acids is 1. The van der Waals surface area contributed by atoms with E-state index in [0.717, 1.165) is 16.5 Å². The topological polar surface area (TPSA) is 36.1 Å². The summed E-state index contributed by atoms with van der Waals surface area (Å²) in [5.41, 5.74) is 3.01. The summed E-state index contributed by atoms with van der Waals surface area (Å²) in [6.07, 6.45) is 1.80. The lowest BCUT2D eigenvalue weighted by Crippen LogP contribution is -2.21. The molecule has 0 aliphatic rings. The van der Waals surface area contributed by atoms with E-state index in [1.165, 1.54) is 5.56 Å². The second-order valence-corrected chi connectivity index (χ2v) is 4.41. The van der Waals surface area contributed by atoms with Crippen LogP contribution in [0.25, 0.3) is 10.9 Å². The number of rotatable bonds is 3. The molecule has 3 nitrogen and oxygen atoms in total. The molecule has 0 saturated carbocycles. The SMILES string of the molecule is Cc1ccc2c(C(=O)CN(C)C)c[nH]c2c1. The number of aromatic amines is 1. The molecule has 2 aromatic rings. The monoisotopic (exact) mass is 216 g/mol. The van der Waals surface area contributed by atoms with Crippen LogP contribution in [0.4, 0.5) is 0 Å². The Morgan fingerprint density at radius 2 is 2.12 bits per heavy atom. The smallest absolute Gasteiger partial charge is 0.178 e. The number of aryl methyl sites for hydroxylation is 1. The van der Waals surface area contributed by atoms with Crippen molar-refractivity contribution in [2.24, 2.45) is 0 Å². The molecule has 0 spiro atoms. The van der Waals surface area contributed by atoms with Gasteiger partial charge in [-0.3, -0.25) is 4.79 Å². The Kier molecular flexibility index (Phi) is 2.79. The van der Waals surface area contributed by atoms with Crippen LogP contribution in [-0.2, 0) is 0 Å². The van der Waals surface area contributed by atoms with E-state index in [1.807, 2.05) is 38.1 Å². The van der Waals surface area contributed by atoms with E-state index in [1.54, 1.807) is 6.20 Å². The molecule has 0 aliphatic carbocycles. The number of hydrogen-bond donors (Lipinski definition) is 1. The first-order valence-corrected chi connectivity index (χ1v) is 5.33. The van der Waals surface area contributed by atoms with Crippen LogP contribution in [0.1, 0.15) is 15.9 Å². The molecule has 1 N–H and O–H groups in total. The minimum absolute atomic E-state index is 0.153. The van der Waals surface area contributed by atoms with E-state index in [2.05, 4.69) is 11.1 Å². The maximum Gasteiger partial charge on any atom is 0.178 e. The molecule has 0 fully saturated rings. The molecule has 2 rings (SSSR count). The third kappa shape index (κ3) is 1.99. The predicted molar refractivity (Wildman–Crippen MR) is 65.9 cm³/mol. The second-order valence-electron chi connectivity index (χ2n) is 4.41. The summed E-state index contributed by atoms with van der Waals surface area (Å²) in [4.78, 5) is 17.0. The highest BCUT2D eigenvalue weighted by Crippen LogP contribution is 2.19. The molecule has 1 heterocycles. The average molecular weight is 216 g/mol. The highest BCUT2D eigenvalue weighted by Gasteiger charge is 2.12. The number of nitrogens with one attached hydrogen (secondary N) is 1. The predicted octanol–water partition coefficient (Wildman–Crippen LogP) is 2.22. The molecule has 0 saturated heterocycles. The van der Waals surface area contributed by atoms with Crippen LogP contribution in [0.2, 0.25) is 0 Å². The number of likely N-dealkylation sites (N-methyl/N-ethyl adjacent to an activating group) is 1. The number of carbonyl (C=O) groups is 1. The van der Waals surface area contributed by atoms with Crippen molar-refractivity contribution in [2.45, 2.75) is 6.92 Å². The lowest BCUT2D eigenvalue weighted by molar-refractivity contribution is 0.0959. The van der Waals surface area contributed by atoms with Crippen LogP contribution < -0.4 is 0 Å². The zero-order valence-electron chi connectivity index (χ0n) is 9.87. The van der Waals surface area contributed by atoms with Crippen LogP contribution in [0.15, 0.2) is 24.4 Å². The number of aromatic nitrogens is 1. The highest BCUT2D eigenvalue weighted by atomic mass is 16.1. The number of nitrogens with zero attached hydrogens (tertiary/aromatic N) is 1. The Hall–Kier alpha value is -1.61. The molecular weight excluding hydrogens is 200 g/mol. The summed E-state index contributed by atoms with van der Waals surface area (Å²) in [7, 11) is 3.80. The molecule has 0 amide bonds. The third-order valence-electron chi connectivity index (χ3n) is 2.60. The van der Waals surface area contributed by atoms with Gasteiger partial charge in [0.2, 0.25) is 0 Å². The number of hydrogen-bond acceptors (Lipinski definition) is 2. The van der Waals surface area contributed by atoms with E-state index in [4.69, 9.17) is 0 Å². The molecule has 1 aromatic carbocycles. The van der Waals surface area contributed by atoms with Crippen molar-refractivity contribution in [2.75, 3.05) is 20.6 Å². The Morgan fingerprint density at radius 1 is 1.38 bits per heavy atom. The first-order valence-electron chi connectivity index (χ1n) is 5.33. The van der Waals surface area contributed by atoms with Crippen LogP contribution >= 0.6 is 0 Å². The molecule has 84 valence electrons. The Morgan fingerprint density at radius 3 is 2.81 bits per heavy atom. The van der Waals surface area contributed by atoms with Crippen LogP contribution in [-0.4, -0.2) is 36.3 Å². The molecule has 0 unspecified atom stereocenters. The summed E-state index contributed by atoms with van der Waals surface area (Å²) in [5, 5.41) is 1.01. The van der Waals surface area contributed by atoms with Gasteiger partial charge in [-0.1, -0.05) is 12.1 Å². The van der Waals surface area contributed by atoms with Gasteiger partial charge in [0.05, 0.1) is 6.54 Å². The van der Waals surface area contributed by atoms with Gasteiger partial charge in [-0.05, 0) is 32.6 Å². The quantitative estimate of drug-likeness (QED) is 0.799. The van der Waals surface area contributed by atoms with Gasteiger partial charge in [0.25, 0.3) is 0 Å². The van der Waals surface area contributed by atoms with Gasteiger partial charge in [-0.15, -0.1) is 0 Å². The first kappa shape index (κ1) is 10.9. The standard InChI is InChI=1S/C13H16N2O/c1-9-4-5-10-11(7-14-12(10)6-9)13(16)8-15(2)3/h4-7,14H,8H2,1-3H3. The second kappa shape index (κ2) is 4.10. The van der Waals surface area contributed by atoms with Gasteiger partial charge >= 0.3 is 0 Å². The molecule has 0 bridgehead atoms.